The molecule has 82 valence electrons. The van der Waals surface area contributed by atoms with Crippen molar-refractivity contribution in [3.05, 3.63) is 47.0 Å². The van der Waals surface area contributed by atoms with Crippen LogP contribution in [0.5, 0.6) is 0 Å². The Morgan fingerprint density at radius 1 is 1.20 bits per heavy atom. The highest BCUT2D eigenvalue weighted by Crippen LogP contribution is 2.29. The predicted molar refractivity (Wildman–Crippen MR) is 68.5 cm³/mol. The summed E-state index contributed by atoms with van der Waals surface area (Å²) in [5.74, 6) is 0. The van der Waals surface area contributed by atoms with Crippen LogP contribution < -0.4 is 0 Å². The summed E-state index contributed by atoms with van der Waals surface area (Å²) in [7, 11) is 0. The minimum atomic E-state index is 0.217. The first-order valence-electron chi connectivity index (χ1n) is 5.57. The van der Waals surface area contributed by atoms with Crippen molar-refractivity contribution >= 4 is 0 Å². The quantitative estimate of drug-likeness (QED) is 0.626. The predicted octanol–water partition coefficient (Wildman–Crippen LogP) is 4.33. The van der Waals surface area contributed by atoms with E-state index in [4.69, 9.17) is 0 Å². The summed E-state index contributed by atoms with van der Waals surface area (Å²) < 4.78 is 0. The first kappa shape index (κ1) is 12.0. The lowest BCUT2D eigenvalue weighted by atomic mass is 9.80. The largest absolute Gasteiger partial charge is 0.103 e. The number of allylic oxidation sites excluding steroid dienone is 1. The number of rotatable bonds is 2. The molecule has 0 radical (unpaired) electrons. The van der Waals surface area contributed by atoms with E-state index in [9.17, 15) is 0 Å². The topological polar surface area (TPSA) is 0 Å². The first-order valence-corrected chi connectivity index (χ1v) is 5.57. The third-order valence-electron chi connectivity index (χ3n) is 2.77. The van der Waals surface area contributed by atoms with E-state index in [-0.39, 0.29) is 5.41 Å². The molecule has 1 aromatic carbocycles. The van der Waals surface area contributed by atoms with Gasteiger partial charge in [-0.05, 0) is 42.4 Å². The molecule has 0 heterocycles. The fourth-order valence-corrected chi connectivity index (χ4v) is 2.08. The monoisotopic (exact) mass is 202 g/mol. The standard InChI is InChI=1S/C15H22/c1-7-8-13-12(3)9-11(2)10-14(13)15(4,5)6/h7,9-10H,1,8H2,2-6H3. The Morgan fingerprint density at radius 2 is 1.80 bits per heavy atom. The summed E-state index contributed by atoms with van der Waals surface area (Å²) in [4.78, 5) is 0. The SMILES string of the molecule is C=CCc1c(C)cc(C)cc1C(C)(C)C. The Balaban J connectivity index is 3.39. The Labute approximate surface area is 94.0 Å². The van der Waals surface area contributed by atoms with Crippen LogP contribution in [0.4, 0.5) is 0 Å². The number of hydrogen-bond donors (Lipinski definition) is 0. The van der Waals surface area contributed by atoms with Crippen LogP contribution in [-0.4, -0.2) is 0 Å². The zero-order valence-corrected chi connectivity index (χ0v) is 10.6. The highest BCUT2D eigenvalue weighted by atomic mass is 14.2. The van der Waals surface area contributed by atoms with E-state index in [1.807, 2.05) is 6.08 Å². The fraction of sp³-hybridized carbons (Fsp3) is 0.467. The van der Waals surface area contributed by atoms with Gasteiger partial charge in [-0.3, -0.25) is 0 Å². The third-order valence-corrected chi connectivity index (χ3v) is 2.77. The van der Waals surface area contributed by atoms with Crippen molar-refractivity contribution < 1.29 is 0 Å². The highest BCUT2D eigenvalue weighted by molar-refractivity contribution is 5.42. The molecular formula is C15H22. The molecule has 0 amide bonds. The van der Waals surface area contributed by atoms with Gasteiger partial charge in [-0.1, -0.05) is 44.5 Å². The van der Waals surface area contributed by atoms with Gasteiger partial charge >= 0.3 is 0 Å². The van der Waals surface area contributed by atoms with Crippen molar-refractivity contribution in [2.45, 2.75) is 46.5 Å². The van der Waals surface area contributed by atoms with Gasteiger partial charge < -0.3 is 0 Å². The molecule has 0 saturated carbocycles. The van der Waals surface area contributed by atoms with Gasteiger partial charge in [-0.25, -0.2) is 0 Å². The van der Waals surface area contributed by atoms with E-state index >= 15 is 0 Å². The average molecular weight is 202 g/mol. The fourth-order valence-electron chi connectivity index (χ4n) is 2.08. The zero-order chi connectivity index (χ0) is 11.6. The van der Waals surface area contributed by atoms with Crippen molar-refractivity contribution in [2.75, 3.05) is 0 Å². The van der Waals surface area contributed by atoms with Crippen molar-refractivity contribution in [3.8, 4) is 0 Å². The highest BCUT2D eigenvalue weighted by Gasteiger charge is 2.18. The molecule has 1 rings (SSSR count). The summed E-state index contributed by atoms with van der Waals surface area (Å²) in [6.45, 7) is 15.0. The zero-order valence-electron chi connectivity index (χ0n) is 10.6. The van der Waals surface area contributed by atoms with E-state index in [2.05, 4.69) is 53.3 Å². The van der Waals surface area contributed by atoms with Crippen molar-refractivity contribution in [3.63, 3.8) is 0 Å². The maximum absolute atomic E-state index is 3.84. The van der Waals surface area contributed by atoms with Crippen molar-refractivity contribution in [1.29, 1.82) is 0 Å². The molecule has 0 N–H and O–H groups in total. The Morgan fingerprint density at radius 3 is 2.27 bits per heavy atom. The van der Waals surface area contributed by atoms with E-state index in [0.717, 1.165) is 6.42 Å². The molecule has 0 saturated heterocycles. The van der Waals surface area contributed by atoms with Gasteiger partial charge in [0.25, 0.3) is 0 Å². The summed E-state index contributed by atoms with van der Waals surface area (Å²) >= 11 is 0. The summed E-state index contributed by atoms with van der Waals surface area (Å²) in [6.07, 6.45) is 2.96. The minimum absolute atomic E-state index is 0.217. The van der Waals surface area contributed by atoms with Crippen LogP contribution in [0.3, 0.4) is 0 Å². The van der Waals surface area contributed by atoms with E-state index < -0.39 is 0 Å². The van der Waals surface area contributed by atoms with Crippen LogP contribution in [-0.2, 0) is 11.8 Å². The van der Waals surface area contributed by atoms with Crippen LogP contribution >= 0.6 is 0 Å². The van der Waals surface area contributed by atoms with Gasteiger partial charge in [0.05, 0.1) is 0 Å². The molecule has 0 aliphatic carbocycles. The molecule has 0 bridgehead atoms. The van der Waals surface area contributed by atoms with E-state index in [0.29, 0.717) is 0 Å². The Kier molecular flexibility index (Phi) is 3.38. The molecular weight excluding hydrogens is 180 g/mol. The molecule has 15 heavy (non-hydrogen) atoms. The third kappa shape index (κ3) is 2.71. The lowest BCUT2D eigenvalue weighted by Gasteiger charge is -2.24. The molecule has 0 heteroatoms. The summed E-state index contributed by atoms with van der Waals surface area (Å²) in [6, 6.07) is 4.57. The first-order chi connectivity index (χ1) is 6.86. The van der Waals surface area contributed by atoms with Gasteiger partial charge in [-0.2, -0.15) is 0 Å². The minimum Gasteiger partial charge on any atom is -0.103 e. The molecule has 0 aliphatic heterocycles. The molecule has 0 aromatic heterocycles. The van der Waals surface area contributed by atoms with Gasteiger partial charge in [-0.15, -0.1) is 6.58 Å². The molecule has 0 fully saturated rings. The van der Waals surface area contributed by atoms with Gasteiger partial charge in [0, 0.05) is 0 Å². The summed E-state index contributed by atoms with van der Waals surface area (Å²) in [5.41, 5.74) is 5.86. The van der Waals surface area contributed by atoms with E-state index in [1.165, 1.54) is 22.3 Å². The molecule has 0 aliphatic rings. The molecule has 0 atom stereocenters. The Hall–Kier alpha value is -1.04. The lowest BCUT2D eigenvalue weighted by molar-refractivity contribution is 0.583. The molecule has 0 nitrogen and oxygen atoms in total. The van der Waals surface area contributed by atoms with Crippen molar-refractivity contribution in [2.24, 2.45) is 0 Å². The molecule has 0 spiro atoms. The van der Waals surface area contributed by atoms with Crippen LogP contribution in [0.2, 0.25) is 0 Å². The van der Waals surface area contributed by atoms with Crippen LogP contribution in [0.25, 0.3) is 0 Å². The van der Waals surface area contributed by atoms with Gasteiger partial charge in [0.1, 0.15) is 0 Å². The van der Waals surface area contributed by atoms with Crippen LogP contribution in [0.15, 0.2) is 24.8 Å². The smallest absolute Gasteiger partial charge is 0.00946 e. The molecule has 1 aromatic rings. The maximum atomic E-state index is 3.84. The van der Waals surface area contributed by atoms with E-state index in [1.54, 1.807) is 0 Å². The summed E-state index contributed by atoms with van der Waals surface area (Å²) in [5, 5.41) is 0. The second kappa shape index (κ2) is 4.22. The Bertz CT molecular complexity index is 364. The second-order valence-corrected chi connectivity index (χ2v) is 5.35. The number of benzene rings is 1. The normalized spacial score (nSPS) is 11.5. The van der Waals surface area contributed by atoms with Gasteiger partial charge in [0.2, 0.25) is 0 Å². The lowest BCUT2D eigenvalue weighted by Crippen LogP contribution is -2.15. The van der Waals surface area contributed by atoms with Crippen LogP contribution in [0, 0.1) is 13.8 Å². The number of aryl methyl sites for hydroxylation is 2. The second-order valence-electron chi connectivity index (χ2n) is 5.35. The van der Waals surface area contributed by atoms with Gasteiger partial charge in [0.15, 0.2) is 0 Å². The maximum Gasteiger partial charge on any atom is -0.00946 e. The van der Waals surface area contributed by atoms with Crippen molar-refractivity contribution in [1.82, 2.24) is 0 Å². The van der Waals surface area contributed by atoms with Crippen LogP contribution in [0.1, 0.15) is 43.0 Å². The number of hydrogen-bond acceptors (Lipinski definition) is 0. The average Bonchev–Trinajstić information content (AvgIpc) is 2.07. The molecule has 0 unspecified atom stereocenters.